The molecule has 5 heteroatoms. The zero-order valence-corrected chi connectivity index (χ0v) is 9.11. The van der Waals surface area contributed by atoms with Crippen LogP contribution in [0.1, 0.15) is 6.92 Å². The van der Waals surface area contributed by atoms with Crippen LogP contribution in [-0.4, -0.2) is 34.7 Å². The first-order chi connectivity index (χ1) is 6.67. The van der Waals surface area contributed by atoms with Crippen LogP contribution in [0.3, 0.4) is 0 Å². The Hall–Kier alpha value is -0.580. The van der Waals surface area contributed by atoms with Crippen LogP contribution in [0.4, 0.5) is 0 Å². The van der Waals surface area contributed by atoms with Crippen molar-refractivity contribution in [3.05, 3.63) is 17.4 Å². The molecular weight excluding hydrogens is 204 g/mol. The van der Waals surface area contributed by atoms with E-state index in [1.54, 1.807) is 24.2 Å². The molecule has 0 aromatic carbocycles. The lowest BCUT2D eigenvalue weighted by Gasteiger charge is -2.20. The minimum Gasteiger partial charge on any atom is -0.394 e. The molecular formula is C9H15ClN2O2. The zero-order chi connectivity index (χ0) is 10.6. The van der Waals surface area contributed by atoms with Crippen LogP contribution >= 0.6 is 11.6 Å². The van der Waals surface area contributed by atoms with Crippen molar-refractivity contribution in [2.45, 2.75) is 19.6 Å². The highest BCUT2D eigenvalue weighted by Crippen LogP contribution is 2.11. The molecule has 0 amide bonds. The van der Waals surface area contributed by atoms with E-state index in [2.05, 4.69) is 5.10 Å². The fourth-order valence-electron chi connectivity index (χ4n) is 1.34. The standard InChI is InChI=1S/C9H15ClN2O2/c1-7(9(6-13)14-2)4-12-5-8(10)3-11-12/h3,5,7,9,13H,4,6H2,1-2H3/t7-,9?/m1/s1. The third-order valence-corrected chi connectivity index (χ3v) is 2.39. The van der Waals surface area contributed by atoms with Crippen LogP contribution in [0.5, 0.6) is 0 Å². The van der Waals surface area contributed by atoms with Gasteiger partial charge < -0.3 is 9.84 Å². The summed E-state index contributed by atoms with van der Waals surface area (Å²) in [6.07, 6.45) is 3.19. The normalized spacial score (nSPS) is 15.4. The first-order valence-electron chi connectivity index (χ1n) is 4.49. The molecule has 14 heavy (non-hydrogen) atoms. The van der Waals surface area contributed by atoms with Gasteiger partial charge >= 0.3 is 0 Å². The van der Waals surface area contributed by atoms with Crippen molar-refractivity contribution in [2.24, 2.45) is 5.92 Å². The Labute approximate surface area is 88.4 Å². The van der Waals surface area contributed by atoms with E-state index >= 15 is 0 Å². The molecule has 0 saturated heterocycles. The van der Waals surface area contributed by atoms with Gasteiger partial charge in [-0.3, -0.25) is 4.68 Å². The molecule has 1 aromatic rings. The molecule has 0 fully saturated rings. The predicted molar refractivity (Wildman–Crippen MR) is 54.3 cm³/mol. The topological polar surface area (TPSA) is 47.3 Å². The Morgan fingerprint density at radius 2 is 2.43 bits per heavy atom. The summed E-state index contributed by atoms with van der Waals surface area (Å²) in [6, 6.07) is 0. The van der Waals surface area contributed by atoms with E-state index in [1.165, 1.54) is 0 Å². The van der Waals surface area contributed by atoms with E-state index in [9.17, 15) is 0 Å². The zero-order valence-electron chi connectivity index (χ0n) is 8.35. The van der Waals surface area contributed by atoms with Gasteiger partial charge in [0.25, 0.3) is 0 Å². The second-order valence-electron chi connectivity index (χ2n) is 3.31. The van der Waals surface area contributed by atoms with E-state index in [-0.39, 0.29) is 18.6 Å². The molecule has 0 aliphatic heterocycles. The summed E-state index contributed by atoms with van der Waals surface area (Å²) in [4.78, 5) is 0. The third-order valence-electron chi connectivity index (χ3n) is 2.19. The lowest BCUT2D eigenvalue weighted by atomic mass is 10.1. The number of hydrogen-bond acceptors (Lipinski definition) is 3. The molecule has 0 aliphatic carbocycles. The highest BCUT2D eigenvalue weighted by molar-refractivity contribution is 6.30. The van der Waals surface area contributed by atoms with Crippen molar-refractivity contribution >= 4 is 11.6 Å². The molecule has 1 heterocycles. The summed E-state index contributed by atoms with van der Waals surface area (Å²) in [7, 11) is 1.59. The van der Waals surface area contributed by atoms with Gasteiger partial charge in [0, 0.05) is 25.8 Å². The van der Waals surface area contributed by atoms with Gasteiger partial charge in [-0.2, -0.15) is 5.10 Å². The monoisotopic (exact) mass is 218 g/mol. The number of methoxy groups -OCH3 is 1. The van der Waals surface area contributed by atoms with Gasteiger partial charge in [-0.1, -0.05) is 18.5 Å². The Morgan fingerprint density at radius 3 is 2.86 bits per heavy atom. The number of nitrogens with zero attached hydrogens (tertiary/aromatic N) is 2. The smallest absolute Gasteiger partial charge is 0.0845 e. The minimum atomic E-state index is -0.155. The van der Waals surface area contributed by atoms with E-state index in [4.69, 9.17) is 21.4 Å². The van der Waals surface area contributed by atoms with Crippen LogP contribution < -0.4 is 0 Å². The van der Waals surface area contributed by atoms with Crippen LogP contribution in [0.2, 0.25) is 5.02 Å². The molecule has 0 bridgehead atoms. The molecule has 1 N–H and O–H groups in total. The van der Waals surface area contributed by atoms with Gasteiger partial charge in [0.15, 0.2) is 0 Å². The van der Waals surface area contributed by atoms with Crippen molar-refractivity contribution < 1.29 is 9.84 Å². The predicted octanol–water partition coefficient (Wildman–Crippen LogP) is 1.18. The van der Waals surface area contributed by atoms with Crippen molar-refractivity contribution in [3.8, 4) is 0 Å². The molecule has 4 nitrogen and oxygen atoms in total. The fourth-order valence-corrected chi connectivity index (χ4v) is 1.49. The maximum absolute atomic E-state index is 9.00. The highest BCUT2D eigenvalue weighted by atomic mass is 35.5. The van der Waals surface area contributed by atoms with Gasteiger partial charge in [0.2, 0.25) is 0 Å². The minimum absolute atomic E-state index is 0.0205. The second kappa shape index (κ2) is 5.34. The van der Waals surface area contributed by atoms with Gasteiger partial charge in [-0.15, -0.1) is 0 Å². The van der Waals surface area contributed by atoms with Crippen LogP contribution in [-0.2, 0) is 11.3 Å². The highest BCUT2D eigenvalue weighted by Gasteiger charge is 2.16. The first-order valence-corrected chi connectivity index (χ1v) is 4.86. The lowest BCUT2D eigenvalue weighted by molar-refractivity contribution is 0.00701. The van der Waals surface area contributed by atoms with Crippen molar-refractivity contribution in [2.75, 3.05) is 13.7 Å². The van der Waals surface area contributed by atoms with E-state index in [1.807, 2.05) is 6.92 Å². The molecule has 80 valence electrons. The average Bonchev–Trinajstić information content (AvgIpc) is 2.53. The molecule has 2 atom stereocenters. The Morgan fingerprint density at radius 1 is 1.71 bits per heavy atom. The third kappa shape index (κ3) is 2.97. The van der Waals surface area contributed by atoms with E-state index in [0.29, 0.717) is 11.6 Å². The SMILES string of the molecule is COC(CO)[C@H](C)Cn1cc(Cl)cn1. The van der Waals surface area contributed by atoms with Gasteiger partial charge in [0.1, 0.15) is 0 Å². The lowest BCUT2D eigenvalue weighted by Crippen LogP contribution is -2.28. The fraction of sp³-hybridized carbons (Fsp3) is 0.667. The van der Waals surface area contributed by atoms with E-state index < -0.39 is 0 Å². The van der Waals surface area contributed by atoms with Gasteiger partial charge in [-0.25, -0.2) is 0 Å². The van der Waals surface area contributed by atoms with Crippen molar-refractivity contribution in [1.82, 2.24) is 9.78 Å². The first kappa shape index (κ1) is 11.5. The van der Waals surface area contributed by atoms with Crippen molar-refractivity contribution in [1.29, 1.82) is 0 Å². The molecule has 1 unspecified atom stereocenters. The maximum Gasteiger partial charge on any atom is 0.0845 e. The molecule has 1 aromatic heterocycles. The molecule has 0 radical (unpaired) electrons. The molecule has 0 saturated carbocycles. The van der Waals surface area contributed by atoms with Crippen LogP contribution in [0.25, 0.3) is 0 Å². The maximum atomic E-state index is 9.00. The summed E-state index contributed by atoms with van der Waals surface area (Å²) in [6.45, 7) is 2.71. The van der Waals surface area contributed by atoms with Gasteiger partial charge in [-0.05, 0) is 0 Å². The Bertz CT molecular complexity index is 274. The number of rotatable bonds is 5. The average molecular weight is 219 g/mol. The summed E-state index contributed by atoms with van der Waals surface area (Å²) in [5, 5.41) is 13.7. The van der Waals surface area contributed by atoms with Crippen LogP contribution in [0.15, 0.2) is 12.4 Å². The number of ether oxygens (including phenoxy) is 1. The molecule has 0 spiro atoms. The van der Waals surface area contributed by atoms with Crippen LogP contribution in [0, 0.1) is 5.92 Å². The summed E-state index contributed by atoms with van der Waals surface area (Å²) < 4.78 is 6.86. The number of aliphatic hydroxyl groups is 1. The number of hydrogen-bond donors (Lipinski definition) is 1. The quantitative estimate of drug-likeness (QED) is 0.808. The number of halogens is 1. The molecule has 0 aliphatic rings. The largest absolute Gasteiger partial charge is 0.394 e. The summed E-state index contributed by atoms with van der Waals surface area (Å²) >= 11 is 5.73. The number of aliphatic hydroxyl groups excluding tert-OH is 1. The Kier molecular flexibility index (Phi) is 4.38. The second-order valence-corrected chi connectivity index (χ2v) is 3.75. The number of aromatic nitrogens is 2. The Balaban J connectivity index is 2.51. The van der Waals surface area contributed by atoms with E-state index in [0.717, 1.165) is 0 Å². The van der Waals surface area contributed by atoms with Gasteiger partial charge in [0.05, 0.1) is 23.9 Å². The molecule has 1 rings (SSSR count). The summed E-state index contributed by atoms with van der Waals surface area (Å²) in [5.41, 5.74) is 0. The summed E-state index contributed by atoms with van der Waals surface area (Å²) in [5.74, 6) is 0.195. The van der Waals surface area contributed by atoms with Crippen molar-refractivity contribution in [3.63, 3.8) is 0 Å².